The number of rotatable bonds is 3. The number of aldehydes is 1. The summed E-state index contributed by atoms with van der Waals surface area (Å²) in [6.45, 7) is 3.48. The van der Waals surface area contributed by atoms with Crippen molar-refractivity contribution in [3.05, 3.63) is 11.8 Å². The van der Waals surface area contributed by atoms with Crippen molar-refractivity contribution in [1.29, 1.82) is 0 Å². The number of hydrogen-bond acceptors (Lipinski definition) is 8. The van der Waals surface area contributed by atoms with E-state index in [9.17, 15) is 25.2 Å². The van der Waals surface area contributed by atoms with Crippen molar-refractivity contribution in [1.82, 2.24) is 0 Å². The van der Waals surface area contributed by atoms with E-state index in [1.165, 1.54) is 6.26 Å². The summed E-state index contributed by atoms with van der Waals surface area (Å²) in [7, 11) is 0. The first kappa shape index (κ1) is 17.8. The molecule has 136 valence electrons. The van der Waals surface area contributed by atoms with Gasteiger partial charge in [-0.05, 0) is 25.7 Å². The van der Waals surface area contributed by atoms with Crippen LogP contribution in [0.5, 0.6) is 0 Å². The highest BCUT2D eigenvalue weighted by molar-refractivity contribution is 5.76. The second kappa shape index (κ2) is 6.36. The van der Waals surface area contributed by atoms with Crippen molar-refractivity contribution in [2.24, 2.45) is 11.8 Å². The third-order valence-corrected chi connectivity index (χ3v) is 5.47. The molecule has 9 atom stereocenters. The third-order valence-electron chi connectivity index (χ3n) is 5.47. The molecule has 24 heavy (non-hydrogen) atoms. The Morgan fingerprint density at radius 3 is 2.58 bits per heavy atom. The smallest absolute Gasteiger partial charge is 0.207 e. The van der Waals surface area contributed by atoms with Crippen molar-refractivity contribution in [2.75, 3.05) is 0 Å². The van der Waals surface area contributed by atoms with Crippen LogP contribution >= 0.6 is 0 Å². The molecule has 0 bridgehead atoms. The van der Waals surface area contributed by atoms with Crippen LogP contribution in [0.25, 0.3) is 0 Å². The minimum atomic E-state index is -1.46. The zero-order valence-corrected chi connectivity index (χ0v) is 13.6. The van der Waals surface area contributed by atoms with Gasteiger partial charge in [0.05, 0.1) is 23.9 Å². The van der Waals surface area contributed by atoms with Crippen LogP contribution in [0.1, 0.15) is 26.7 Å². The maximum Gasteiger partial charge on any atom is 0.207 e. The predicted octanol–water partition coefficient (Wildman–Crippen LogP) is -0.953. The van der Waals surface area contributed by atoms with Crippen molar-refractivity contribution in [3.63, 3.8) is 0 Å². The number of carbonyl (C=O) groups is 1. The number of fused-ring (bicyclic) bond motifs is 1. The van der Waals surface area contributed by atoms with E-state index in [-0.39, 0.29) is 11.5 Å². The molecule has 0 aromatic carbocycles. The molecule has 2 aliphatic heterocycles. The van der Waals surface area contributed by atoms with E-state index in [1.807, 2.05) is 6.92 Å². The van der Waals surface area contributed by atoms with Gasteiger partial charge in [0.1, 0.15) is 23.9 Å². The van der Waals surface area contributed by atoms with Gasteiger partial charge < -0.3 is 34.6 Å². The van der Waals surface area contributed by atoms with Crippen LogP contribution in [0.15, 0.2) is 11.8 Å². The van der Waals surface area contributed by atoms with Crippen molar-refractivity contribution < 1.29 is 39.4 Å². The zero-order valence-electron chi connectivity index (χ0n) is 13.6. The van der Waals surface area contributed by atoms with Crippen LogP contribution in [0, 0.1) is 11.8 Å². The first-order chi connectivity index (χ1) is 11.3. The van der Waals surface area contributed by atoms with Crippen LogP contribution in [-0.2, 0) is 19.0 Å². The number of hydrogen-bond donors (Lipinski definition) is 4. The Labute approximate surface area is 139 Å². The van der Waals surface area contributed by atoms with Crippen molar-refractivity contribution in [2.45, 2.75) is 69.3 Å². The van der Waals surface area contributed by atoms with Crippen LogP contribution in [0.4, 0.5) is 0 Å². The third kappa shape index (κ3) is 2.67. The molecule has 6 unspecified atom stereocenters. The monoisotopic (exact) mass is 344 g/mol. The first-order valence-electron chi connectivity index (χ1n) is 8.18. The van der Waals surface area contributed by atoms with Gasteiger partial charge in [-0.2, -0.15) is 0 Å². The summed E-state index contributed by atoms with van der Waals surface area (Å²) in [5.41, 5.74) is -1.17. The maximum atomic E-state index is 11.2. The Balaban J connectivity index is 1.80. The number of aliphatic hydroxyl groups is 4. The van der Waals surface area contributed by atoms with Crippen LogP contribution in [0.3, 0.4) is 0 Å². The molecule has 1 saturated carbocycles. The molecular formula is C16H24O8. The molecule has 8 nitrogen and oxygen atoms in total. The average molecular weight is 344 g/mol. The van der Waals surface area contributed by atoms with Gasteiger partial charge in [0, 0.05) is 0 Å². The molecule has 3 aliphatic rings. The summed E-state index contributed by atoms with van der Waals surface area (Å²) in [6, 6.07) is 0. The lowest BCUT2D eigenvalue weighted by Gasteiger charge is -2.44. The minimum absolute atomic E-state index is 0.0253. The van der Waals surface area contributed by atoms with E-state index < -0.39 is 48.5 Å². The normalized spacial score (nSPS) is 51.5. The fourth-order valence-electron chi connectivity index (χ4n) is 3.93. The second-order valence-electron chi connectivity index (χ2n) is 6.98. The maximum absolute atomic E-state index is 11.2. The average Bonchev–Trinajstić information content (AvgIpc) is 2.87. The summed E-state index contributed by atoms with van der Waals surface area (Å²) in [4.78, 5) is 11.2. The summed E-state index contributed by atoms with van der Waals surface area (Å²) >= 11 is 0. The summed E-state index contributed by atoms with van der Waals surface area (Å²) < 4.78 is 16.6. The number of carbonyl (C=O) groups excluding carboxylic acids is 1. The zero-order chi connectivity index (χ0) is 17.6. The van der Waals surface area contributed by atoms with Crippen LogP contribution < -0.4 is 0 Å². The molecule has 0 radical (unpaired) electrons. The molecule has 0 amide bonds. The molecule has 1 saturated heterocycles. The standard InChI is InChI=1S/C16H24O8/c1-7-3-4-16(21)9(5-17)6-22-14(10(7)16)24-15-13(20)12(19)11(18)8(2)23-15/h5-8,10-15,18-21H,3-4H2,1-2H3/t7-,8?,10?,11?,12?,13?,14-,15?,16-/m0/s1. The SMILES string of the molecule is CC1OC(O[C@@H]2OC=C(C=O)[C@@]3(O)CC[C@H](C)C23)C(O)C(O)C1O. The van der Waals surface area contributed by atoms with E-state index in [4.69, 9.17) is 14.2 Å². The Hall–Kier alpha value is -1.03. The molecule has 0 aromatic rings. The quantitative estimate of drug-likeness (QED) is 0.483. The van der Waals surface area contributed by atoms with Gasteiger partial charge >= 0.3 is 0 Å². The molecule has 1 aliphatic carbocycles. The highest BCUT2D eigenvalue weighted by Crippen LogP contribution is 2.49. The molecule has 0 spiro atoms. The minimum Gasteiger partial charge on any atom is -0.471 e. The van der Waals surface area contributed by atoms with Crippen LogP contribution in [0.2, 0.25) is 0 Å². The fraction of sp³-hybridized carbons (Fsp3) is 0.812. The lowest BCUT2D eigenvalue weighted by molar-refractivity contribution is -0.341. The van der Waals surface area contributed by atoms with E-state index in [1.54, 1.807) is 6.92 Å². The molecule has 2 fully saturated rings. The van der Waals surface area contributed by atoms with Gasteiger partial charge in [0.15, 0.2) is 12.6 Å². The Kier molecular flexibility index (Phi) is 4.71. The lowest BCUT2D eigenvalue weighted by Crippen LogP contribution is -2.59. The Bertz CT molecular complexity index is 522. The second-order valence-corrected chi connectivity index (χ2v) is 6.98. The fourth-order valence-corrected chi connectivity index (χ4v) is 3.93. The summed E-state index contributed by atoms with van der Waals surface area (Å²) in [6.07, 6.45) is -4.12. The van der Waals surface area contributed by atoms with Crippen LogP contribution in [-0.4, -0.2) is 69.3 Å². The Morgan fingerprint density at radius 2 is 1.92 bits per heavy atom. The van der Waals surface area contributed by atoms with Crippen molar-refractivity contribution in [3.8, 4) is 0 Å². The molecule has 3 rings (SSSR count). The predicted molar refractivity (Wildman–Crippen MR) is 79.3 cm³/mol. The molecule has 4 N–H and O–H groups in total. The van der Waals surface area contributed by atoms with Crippen molar-refractivity contribution >= 4 is 6.29 Å². The van der Waals surface area contributed by atoms with E-state index in [0.29, 0.717) is 19.1 Å². The van der Waals surface area contributed by atoms with Gasteiger partial charge in [-0.15, -0.1) is 0 Å². The van der Waals surface area contributed by atoms with E-state index in [0.717, 1.165) is 0 Å². The summed E-state index contributed by atoms with van der Waals surface area (Å²) in [5, 5.41) is 40.6. The van der Waals surface area contributed by atoms with Gasteiger partial charge in [-0.1, -0.05) is 6.92 Å². The van der Waals surface area contributed by atoms with E-state index in [2.05, 4.69) is 0 Å². The number of ether oxygens (including phenoxy) is 3. The molecular weight excluding hydrogens is 320 g/mol. The highest BCUT2D eigenvalue weighted by Gasteiger charge is 2.56. The van der Waals surface area contributed by atoms with E-state index >= 15 is 0 Å². The first-order valence-corrected chi connectivity index (χ1v) is 8.18. The van der Waals surface area contributed by atoms with Gasteiger partial charge in [-0.3, -0.25) is 4.79 Å². The molecule has 8 heteroatoms. The molecule has 2 heterocycles. The largest absolute Gasteiger partial charge is 0.471 e. The van der Waals surface area contributed by atoms with Gasteiger partial charge in [-0.25, -0.2) is 0 Å². The highest BCUT2D eigenvalue weighted by atomic mass is 16.8. The van der Waals surface area contributed by atoms with Gasteiger partial charge in [0.25, 0.3) is 0 Å². The number of aliphatic hydroxyl groups excluding tert-OH is 3. The van der Waals surface area contributed by atoms with Gasteiger partial charge in [0.2, 0.25) is 6.29 Å². The Morgan fingerprint density at radius 1 is 1.21 bits per heavy atom. The topological polar surface area (TPSA) is 126 Å². The molecule has 0 aromatic heterocycles. The lowest BCUT2D eigenvalue weighted by atomic mass is 9.80. The summed E-state index contributed by atoms with van der Waals surface area (Å²) in [5.74, 6) is -0.477.